The minimum atomic E-state index is -0.108. The monoisotopic (exact) mass is 398 g/mol. The first-order valence-electron chi connectivity index (χ1n) is 6.57. The second kappa shape index (κ2) is 8.37. The van der Waals surface area contributed by atoms with E-state index in [9.17, 15) is 4.79 Å². The third-order valence-electron chi connectivity index (χ3n) is 2.88. The fourth-order valence-corrected chi connectivity index (χ4v) is 2.32. The van der Waals surface area contributed by atoms with Crippen LogP contribution in [0, 0.1) is 0 Å². The van der Waals surface area contributed by atoms with Gasteiger partial charge < -0.3 is 4.74 Å². The lowest BCUT2D eigenvalue weighted by atomic mass is 10.1. The molecule has 0 amide bonds. The molecule has 0 saturated heterocycles. The molecule has 0 N–H and O–H groups in total. The molecule has 0 aliphatic heterocycles. The molecule has 0 fully saturated rings. The van der Waals surface area contributed by atoms with Gasteiger partial charge in [-0.15, -0.1) is 0 Å². The van der Waals surface area contributed by atoms with Crippen LogP contribution in [-0.4, -0.2) is 17.7 Å². The molecule has 0 radical (unpaired) electrons. The van der Waals surface area contributed by atoms with Crippen molar-refractivity contribution in [1.29, 1.82) is 0 Å². The van der Waals surface area contributed by atoms with Crippen LogP contribution in [0.15, 0.2) is 48.5 Å². The van der Waals surface area contributed by atoms with Crippen molar-refractivity contribution in [2.45, 2.75) is 0 Å². The van der Waals surface area contributed by atoms with Gasteiger partial charge in [-0.05, 0) is 48.0 Å². The predicted molar refractivity (Wildman–Crippen MR) is 95.6 cm³/mol. The van der Waals surface area contributed by atoms with Gasteiger partial charge in [-0.1, -0.05) is 51.3 Å². The average Bonchev–Trinajstić information content (AvgIpc) is 2.54. The van der Waals surface area contributed by atoms with E-state index in [-0.39, 0.29) is 5.78 Å². The fourth-order valence-electron chi connectivity index (χ4n) is 1.78. The number of rotatable bonds is 6. The lowest BCUT2D eigenvalue weighted by Gasteiger charge is -2.04. The Morgan fingerprint density at radius 3 is 2.55 bits per heavy atom. The number of allylic oxidation sites excluding steroid dienone is 1. The first kappa shape index (κ1) is 17.1. The molecule has 0 saturated carbocycles. The number of ether oxygens (including phenoxy) is 1. The van der Waals surface area contributed by atoms with Crippen LogP contribution in [-0.2, 0) is 0 Å². The van der Waals surface area contributed by atoms with Crippen LogP contribution in [0.25, 0.3) is 6.08 Å². The van der Waals surface area contributed by atoms with Crippen molar-refractivity contribution in [3.05, 3.63) is 69.7 Å². The van der Waals surface area contributed by atoms with E-state index in [1.807, 2.05) is 0 Å². The van der Waals surface area contributed by atoms with Gasteiger partial charge in [-0.2, -0.15) is 0 Å². The SMILES string of the molecule is O=C(/C=C/c1cccc(Cl)c1Cl)c1ccc(OCCBr)cc1. The minimum absolute atomic E-state index is 0.108. The smallest absolute Gasteiger partial charge is 0.185 e. The topological polar surface area (TPSA) is 26.3 Å². The molecule has 2 nitrogen and oxygen atoms in total. The van der Waals surface area contributed by atoms with Gasteiger partial charge in [0.1, 0.15) is 5.75 Å². The third kappa shape index (κ3) is 4.60. The van der Waals surface area contributed by atoms with Crippen LogP contribution in [0.3, 0.4) is 0 Å². The summed E-state index contributed by atoms with van der Waals surface area (Å²) in [5, 5.41) is 1.66. The molecule has 5 heteroatoms. The summed E-state index contributed by atoms with van der Waals surface area (Å²) in [6, 6.07) is 12.3. The molecule has 0 atom stereocenters. The molecule has 0 aliphatic carbocycles. The van der Waals surface area contributed by atoms with E-state index in [2.05, 4.69) is 15.9 Å². The predicted octanol–water partition coefficient (Wildman–Crippen LogP) is 5.66. The Bertz CT molecular complexity index is 682. The highest BCUT2D eigenvalue weighted by atomic mass is 79.9. The number of benzene rings is 2. The van der Waals surface area contributed by atoms with Crippen LogP contribution in [0.4, 0.5) is 0 Å². The van der Waals surface area contributed by atoms with Crippen LogP contribution in [0.2, 0.25) is 10.0 Å². The zero-order valence-electron chi connectivity index (χ0n) is 11.6. The number of ketones is 1. The molecule has 22 heavy (non-hydrogen) atoms. The maximum absolute atomic E-state index is 12.1. The van der Waals surface area contributed by atoms with Gasteiger partial charge in [0.05, 0.1) is 16.7 Å². The zero-order valence-corrected chi connectivity index (χ0v) is 14.7. The Morgan fingerprint density at radius 2 is 1.86 bits per heavy atom. The summed E-state index contributed by atoms with van der Waals surface area (Å²) in [5.41, 5.74) is 1.29. The average molecular weight is 400 g/mol. The molecule has 2 rings (SSSR count). The highest BCUT2D eigenvalue weighted by molar-refractivity contribution is 9.09. The van der Waals surface area contributed by atoms with Gasteiger partial charge in [0, 0.05) is 10.9 Å². The molecular formula is C17H13BrCl2O2. The van der Waals surface area contributed by atoms with Gasteiger partial charge in [0.2, 0.25) is 0 Å². The number of hydrogen-bond donors (Lipinski definition) is 0. The van der Waals surface area contributed by atoms with Crippen molar-refractivity contribution >= 4 is 51.0 Å². The van der Waals surface area contributed by atoms with Crippen molar-refractivity contribution in [3.8, 4) is 5.75 Å². The summed E-state index contributed by atoms with van der Waals surface area (Å²) in [7, 11) is 0. The Labute approximate surface area is 147 Å². The number of carbonyl (C=O) groups excluding carboxylic acids is 1. The maximum Gasteiger partial charge on any atom is 0.185 e. The van der Waals surface area contributed by atoms with E-state index in [0.717, 1.165) is 11.1 Å². The van der Waals surface area contributed by atoms with Crippen molar-refractivity contribution in [3.63, 3.8) is 0 Å². The lowest BCUT2D eigenvalue weighted by molar-refractivity contribution is 0.104. The molecule has 2 aromatic rings. The van der Waals surface area contributed by atoms with E-state index in [1.54, 1.807) is 48.5 Å². The van der Waals surface area contributed by atoms with Crippen LogP contribution in [0.5, 0.6) is 5.75 Å². The Kier molecular flexibility index (Phi) is 6.49. The summed E-state index contributed by atoms with van der Waals surface area (Å²) >= 11 is 15.3. The Balaban J connectivity index is 2.08. The van der Waals surface area contributed by atoms with Crippen molar-refractivity contribution in [1.82, 2.24) is 0 Å². The van der Waals surface area contributed by atoms with E-state index < -0.39 is 0 Å². The van der Waals surface area contributed by atoms with Crippen LogP contribution >= 0.6 is 39.1 Å². The fraction of sp³-hybridized carbons (Fsp3) is 0.118. The molecular weight excluding hydrogens is 387 g/mol. The molecule has 0 aliphatic rings. The summed E-state index contributed by atoms with van der Waals surface area (Å²) < 4.78 is 5.44. The Morgan fingerprint density at radius 1 is 1.14 bits per heavy atom. The van der Waals surface area contributed by atoms with Crippen molar-refractivity contribution in [2.75, 3.05) is 11.9 Å². The number of hydrogen-bond acceptors (Lipinski definition) is 2. The molecule has 114 valence electrons. The molecule has 0 bridgehead atoms. The zero-order chi connectivity index (χ0) is 15.9. The number of halogens is 3. The van der Waals surface area contributed by atoms with Gasteiger partial charge in [-0.25, -0.2) is 0 Å². The van der Waals surface area contributed by atoms with Crippen LogP contribution in [0.1, 0.15) is 15.9 Å². The summed E-state index contributed by atoms with van der Waals surface area (Å²) in [4.78, 5) is 12.1. The van der Waals surface area contributed by atoms with E-state index >= 15 is 0 Å². The summed E-state index contributed by atoms with van der Waals surface area (Å²) in [6.45, 7) is 0.584. The maximum atomic E-state index is 12.1. The largest absolute Gasteiger partial charge is 0.493 e. The second-order valence-electron chi connectivity index (χ2n) is 4.40. The minimum Gasteiger partial charge on any atom is -0.493 e. The lowest BCUT2D eigenvalue weighted by Crippen LogP contribution is -1.99. The number of carbonyl (C=O) groups is 1. The van der Waals surface area contributed by atoms with E-state index in [4.69, 9.17) is 27.9 Å². The molecule has 0 aromatic heterocycles. The van der Waals surface area contributed by atoms with Crippen LogP contribution < -0.4 is 4.74 Å². The van der Waals surface area contributed by atoms with E-state index in [0.29, 0.717) is 27.8 Å². The van der Waals surface area contributed by atoms with Gasteiger partial charge in [0.25, 0.3) is 0 Å². The van der Waals surface area contributed by atoms with Crippen molar-refractivity contribution in [2.24, 2.45) is 0 Å². The molecule has 2 aromatic carbocycles. The first-order chi connectivity index (χ1) is 10.6. The standard InChI is InChI=1S/C17H13BrCl2O2/c18-10-11-22-14-7-4-12(5-8-14)16(21)9-6-13-2-1-3-15(19)17(13)20/h1-9H,10-11H2/b9-6+. The van der Waals surface area contributed by atoms with Gasteiger partial charge in [0.15, 0.2) is 5.78 Å². The van der Waals surface area contributed by atoms with Gasteiger partial charge >= 0.3 is 0 Å². The quantitative estimate of drug-likeness (QED) is 0.355. The first-order valence-corrected chi connectivity index (χ1v) is 8.45. The van der Waals surface area contributed by atoms with Gasteiger partial charge in [-0.3, -0.25) is 4.79 Å². The third-order valence-corrected chi connectivity index (χ3v) is 4.04. The van der Waals surface area contributed by atoms with E-state index in [1.165, 1.54) is 6.08 Å². The molecule has 0 spiro atoms. The highest BCUT2D eigenvalue weighted by Gasteiger charge is 2.04. The highest BCUT2D eigenvalue weighted by Crippen LogP contribution is 2.26. The second-order valence-corrected chi connectivity index (χ2v) is 5.98. The normalized spacial score (nSPS) is 10.9. The summed E-state index contributed by atoms with van der Waals surface area (Å²) in [6.07, 6.45) is 3.14. The number of alkyl halides is 1. The Hall–Kier alpha value is -1.29. The molecule has 0 unspecified atom stereocenters. The summed E-state index contributed by atoms with van der Waals surface area (Å²) in [5.74, 6) is 0.626. The van der Waals surface area contributed by atoms with Crippen molar-refractivity contribution < 1.29 is 9.53 Å². The molecule has 0 heterocycles.